The molecule has 5 nitrogen and oxygen atoms in total. The minimum absolute atomic E-state index is 0.220. The maximum absolute atomic E-state index is 11.5. The summed E-state index contributed by atoms with van der Waals surface area (Å²) in [6.45, 7) is 0.636. The molecule has 2 rings (SSSR count). The van der Waals surface area contributed by atoms with E-state index < -0.39 is 0 Å². The molecule has 110 valence electrons. The number of rotatable bonds is 5. The molecular weight excluding hydrogens is 266 g/mol. The van der Waals surface area contributed by atoms with E-state index in [1.54, 1.807) is 18.2 Å². The molecule has 0 saturated heterocycles. The van der Waals surface area contributed by atoms with Crippen molar-refractivity contribution in [3.63, 3.8) is 0 Å². The fraction of sp³-hybridized carbons (Fsp3) is 0.188. The smallest absolute Gasteiger partial charge is 0.238 e. The van der Waals surface area contributed by atoms with Crippen molar-refractivity contribution in [1.82, 2.24) is 5.43 Å². The number of hydrazine groups is 1. The molecule has 5 heteroatoms. The maximum Gasteiger partial charge on any atom is 0.238 e. The second-order valence-electron chi connectivity index (χ2n) is 4.89. The Morgan fingerprint density at radius 3 is 2.57 bits per heavy atom. The minimum Gasteiger partial charge on any atom is -0.508 e. The van der Waals surface area contributed by atoms with E-state index in [1.165, 1.54) is 0 Å². The second kappa shape index (κ2) is 6.76. The molecule has 0 aromatic heterocycles. The molecule has 0 fully saturated rings. The van der Waals surface area contributed by atoms with Crippen molar-refractivity contribution in [2.45, 2.75) is 13.0 Å². The maximum atomic E-state index is 11.5. The summed E-state index contributed by atoms with van der Waals surface area (Å²) >= 11 is 0. The van der Waals surface area contributed by atoms with Crippen LogP contribution in [0.1, 0.15) is 11.1 Å². The number of phenolic OH excluding ortho intramolecular Hbond substituents is 1. The van der Waals surface area contributed by atoms with Crippen LogP contribution < -0.4 is 16.2 Å². The van der Waals surface area contributed by atoms with Gasteiger partial charge < -0.3 is 10.0 Å². The molecule has 0 aliphatic heterocycles. The van der Waals surface area contributed by atoms with Gasteiger partial charge in [-0.25, -0.2) is 5.84 Å². The summed E-state index contributed by atoms with van der Waals surface area (Å²) in [7, 11) is 1.94. The average Bonchev–Trinajstić information content (AvgIpc) is 2.49. The van der Waals surface area contributed by atoms with E-state index in [9.17, 15) is 9.90 Å². The van der Waals surface area contributed by atoms with Gasteiger partial charge in [0.25, 0.3) is 0 Å². The number of nitrogens with two attached hydrogens (primary N) is 1. The van der Waals surface area contributed by atoms with Crippen LogP contribution in [0, 0.1) is 0 Å². The minimum atomic E-state index is -0.220. The molecule has 0 radical (unpaired) electrons. The molecule has 2 aromatic rings. The summed E-state index contributed by atoms with van der Waals surface area (Å²) in [4.78, 5) is 13.5. The van der Waals surface area contributed by atoms with Gasteiger partial charge in [0, 0.05) is 25.3 Å². The first kappa shape index (κ1) is 14.9. The Morgan fingerprint density at radius 1 is 1.19 bits per heavy atom. The number of carbonyl (C=O) groups is 1. The monoisotopic (exact) mass is 285 g/mol. The van der Waals surface area contributed by atoms with Crippen LogP contribution in [0.15, 0.2) is 48.5 Å². The fourth-order valence-corrected chi connectivity index (χ4v) is 2.19. The van der Waals surface area contributed by atoms with E-state index >= 15 is 0 Å². The largest absolute Gasteiger partial charge is 0.508 e. The first-order valence-electron chi connectivity index (χ1n) is 6.66. The first-order valence-corrected chi connectivity index (χ1v) is 6.66. The van der Waals surface area contributed by atoms with Gasteiger partial charge in [0.1, 0.15) is 5.75 Å². The molecular formula is C16H19N3O2. The molecule has 2 aromatic carbocycles. The molecule has 0 saturated carbocycles. The molecule has 0 heterocycles. The zero-order chi connectivity index (χ0) is 15.2. The van der Waals surface area contributed by atoms with Crippen molar-refractivity contribution in [2.75, 3.05) is 11.9 Å². The lowest BCUT2D eigenvalue weighted by Crippen LogP contribution is -2.31. The van der Waals surface area contributed by atoms with Gasteiger partial charge in [-0.05, 0) is 23.3 Å². The van der Waals surface area contributed by atoms with Crippen LogP contribution in [0.4, 0.5) is 5.69 Å². The number of anilines is 1. The van der Waals surface area contributed by atoms with Crippen LogP contribution in [0.5, 0.6) is 5.75 Å². The normalized spacial score (nSPS) is 10.2. The van der Waals surface area contributed by atoms with Gasteiger partial charge in [-0.15, -0.1) is 0 Å². The van der Waals surface area contributed by atoms with E-state index in [2.05, 4.69) is 5.43 Å². The number of carbonyl (C=O) groups excluding carboxylic acids is 1. The summed E-state index contributed by atoms with van der Waals surface area (Å²) in [5.41, 5.74) is 5.04. The highest BCUT2D eigenvalue weighted by atomic mass is 16.3. The van der Waals surface area contributed by atoms with Crippen LogP contribution in [-0.2, 0) is 17.8 Å². The Labute approximate surface area is 124 Å². The number of amides is 1. The predicted molar refractivity (Wildman–Crippen MR) is 82.7 cm³/mol. The number of hydrogen-bond acceptors (Lipinski definition) is 4. The number of hydrogen-bond donors (Lipinski definition) is 3. The van der Waals surface area contributed by atoms with Crippen LogP contribution in [0.2, 0.25) is 0 Å². The highest BCUT2D eigenvalue weighted by Gasteiger charge is 2.09. The van der Waals surface area contributed by atoms with Crippen molar-refractivity contribution < 1.29 is 9.90 Å². The summed E-state index contributed by atoms with van der Waals surface area (Å²) in [5, 5.41) is 9.54. The summed E-state index contributed by atoms with van der Waals surface area (Å²) in [5.74, 6) is 5.15. The molecule has 0 unspecified atom stereocenters. The lowest BCUT2D eigenvalue weighted by Gasteiger charge is -2.21. The van der Waals surface area contributed by atoms with Gasteiger partial charge in [-0.3, -0.25) is 10.2 Å². The summed E-state index contributed by atoms with van der Waals surface area (Å²) in [6, 6.07) is 14.8. The van der Waals surface area contributed by atoms with Gasteiger partial charge in [0.05, 0.1) is 6.42 Å². The summed E-state index contributed by atoms with van der Waals surface area (Å²) in [6.07, 6.45) is 0.251. The number of aromatic hydroxyl groups is 1. The van der Waals surface area contributed by atoms with E-state index in [0.717, 1.165) is 16.8 Å². The quantitative estimate of drug-likeness (QED) is 0.442. The average molecular weight is 285 g/mol. The van der Waals surface area contributed by atoms with E-state index in [4.69, 9.17) is 5.84 Å². The lowest BCUT2D eigenvalue weighted by atomic mass is 10.0. The number of nitrogens with zero attached hydrogens (tertiary/aromatic N) is 1. The van der Waals surface area contributed by atoms with E-state index in [1.807, 2.05) is 42.3 Å². The van der Waals surface area contributed by atoms with Crippen LogP contribution >= 0.6 is 0 Å². The molecule has 0 bridgehead atoms. The van der Waals surface area contributed by atoms with Crippen molar-refractivity contribution in [2.24, 2.45) is 5.84 Å². The molecule has 1 amide bonds. The zero-order valence-corrected chi connectivity index (χ0v) is 11.9. The Kier molecular flexibility index (Phi) is 4.79. The van der Waals surface area contributed by atoms with Gasteiger partial charge in [-0.2, -0.15) is 0 Å². The highest BCUT2D eigenvalue weighted by molar-refractivity contribution is 5.78. The topological polar surface area (TPSA) is 78.6 Å². The van der Waals surface area contributed by atoms with Crippen molar-refractivity contribution >= 4 is 11.6 Å². The van der Waals surface area contributed by atoms with E-state index in [0.29, 0.717) is 6.54 Å². The molecule has 4 N–H and O–H groups in total. The SMILES string of the molecule is CN(Cc1ccccc1CC(=O)NN)c1cccc(O)c1. The fourth-order valence-electron chi connectivity index (χ4n) is 2.19. The Bertz CT molecular complexity index is 628. The molecule has 0 atom stereocenters. The first-order chi connectivity index (χ1) is 10.1. The number of benzene rings is 2. The van der Waals surface area contributed by atoms with Gasteiger partial charge in [-0.1, -0.05) is 30.3 Å². The number of nitrogens with one attached hydrogen (secondary N) is 1. The van der Waals surface area contributed by atoms with Crippen LogP contribution in [0.25, 0.3) is 0 Å². The molecule has 21 heavy (non-hydrogen) atoms. The molecule has 0 aliphatic carbocycles. The highest BCUT2D eigenvalue weighted by Crippen LogP contribution is 2.21. The Balaban J connectivity index is 2.17. The predicted octanol–water partition coefficient (Wildman–Crippen LogP) is 1.56. The van der Waals surface area contributed by atoms with Crippen molar-refractivity contribution in [1.29, 1.82) is 0 Å². The van der Waals surface area contributed by atoms with Crippen molar-refractivity contribution in [3.05, 3.63) is 59.7 Å². The second-order valence-corrected chi connectivity index (χ2v) is 4.89. The van der Waals surface area contributed by atoms with Crippen LogP contribution in [-0.4, -0.2) is 18.1 Å². The Hall–Kier alpha value is -2.53. The van der Waals surface area contributed by atoms with E-state index in [-0.39, 0.29) is 18.1 Å². The third kappa shape index (κ3) is 3.97. The Morgan fingerprint density at radius 2 is 1.90 bits per heavy atom. The molecule has 0 aliphatic rings. The van der Waals surface area contributed by atoms with Crippen molar-refractivity contribution in [3.8, 4) is 5.75 Å². The lowest BCUT2D eigenvalue weighted by molar-refractivity contribution is -0.120. The third-order valence-electron chi connectivity index (χ3n) is 3.31. The molecule has 0 spiro atoms. The number of phenols is 1. The third-order valence-corrected chi connectivity index (χ3v) is 3.31. The van der Waals surface area contributed by atoms with Crippen LogP contribution in [0.3, 0.4) is 0 Å². The van der Waals surface area contributed by atoms with Gasteiger partial charge in [0.15, 0.2) is 0 Å². The van der Waals surface area contributed by atoms with Gasteiger partial charge >= 0.3 is 0 Å². The standard InChI is InChI=1S/C16H19N3O2/c1-19(14-7-4-8-15(20)10-14)11-13-6-3-2-5-12(13)9-16(21)18-17/h2-8,10,20H,9,11,17H2,1H3,(H,18,21). The zero-order valence-electron chi connectivity index (χ0n) is 11.9. The summed E-state index contributed by atoms with van der Waals surface area (Å²) < 4.78 is 0. The van der Waals surface area contributed by atoms with Gasteiger partial charge in [0.2, 0.25) is 5.91 Å².